The summed E-state index contributed by atoms with van der Waals surface area (Å²) in [5.41, 5.74) is 9.00. The minimum absolute atomic E-state index is 0.841. The SMILES string of the molecule is CCNc1ccc(N)cc1CC.CS(N)(=O)=O. The van der Waals surface area contributed by atoms with Gasteiger partial charge in [-0.3, -0.25) is 0 Å². The van der Waals surface area contributed by atoms with Crippen molar-refractivity contribution < 1.29 is 8.42 Å². The van der Waals surface area contributed by atoms with E-state index in [4.69, 9.17) is 5.73 Å². The quantitative estimate of drug-likeness (QED) is 0.710. The fourth-order valence-electron chi connectivity index (χ4n) is 1.27. The van der Waals surface area contributed by atoms with Gasteiger partial charge in [-0.1, -0.05) is 6.92 Å². The molecule has 0 aliphatic heterocycles. The molecule has 0 radical (unpaired) electrons. The fraction of sp³-hybridized carbons (Fsp3) is 0.455. The molecular formula is C11H21N3O2S. The average Bonchev–Trinajstić information content (AvgIpc) is 2.18. The van der Waals surface area contributed by atoms with Gasteiger partial charge in [0.15, 0.2) is 0 Å². The third-order valence-corrected chi connectivity index (χ3v) is 1.88. The molecule has 0 unspecified atom stereocenters. The van der Waals surface area contributed by atoms with Crippen molar-refractivity contribution in [2.45, 2.75) is 20.3 Å². The molecule has 1 aromatic rings. The predicted molar refractivity (Wildman–Crippen MR) is 73.4 cm³/mol. The zero-order valence-corrected chi connectivity index (χ0v) is 11.3. The van der Waals surface area contributed by atoms with Crippen LogP contribution in [0.15, 0.2) is 18.2 Å². The van der Waals surface area contributed by atoms with Crippen LogP contribution in [0.5, 0.6) is 0 Å². The van der Waals surface area contributed by atoms with E-state index in [0.29, 0.717) is 0 Å². The van der Waals surface area contributed by atoms with Crippen LogP contribution >= 0.6 is 0 Å². The van der Waals surface area contributed by atoms with Crippen molar-refractivity contribution in [3.8, 4) is 0 Å². The number of hydrogen-bond donors (Lipinski definition) is 3. The fourth-order valence-corrected chi connectivity index (χ4v) is 1.27. The predicted octanol–water partition coefficient (Wildman–Crippen LogP) is 1.17. The van der Waals surface area contributed by atoms with E-state index in [0.717, 1.165) is 24.9 Å². The van der Waals surface area contributed by atoms with Crippen molar-refractivity contribution in [2.75, 3.05) is 23.9 Å². The summed E-state index contributed by atoms with van der Waals surface area (Å²) in [6.07, 6.45) is 1.96. The summed E-state index contributed by atoms with van der Waals surface area (Å²) in [5.74, 6) is 0. The lowest BCUT2D eigenvalue weighted by atomic mass is 10.1. The van der Waals surface area contributed by atoms with Crippen LogP contribution in [0.25, 0.3) is 0 Å². The second-order valence-electron chi connectivity index (χ2n) is 3.63. The lowest BCUT2D eigenvalue weighted by Crippen LogP contribution is -2.07. The first-order valence-corrected chi connectivity index (χ1v) is 7.33. The first kappa shape index (κ1) is 15.7. The normalized spacial score (nSPS) is 10.4. The zero-order valence-electron chi connectivity index (χ0n) is 10.5. The topological polar surface area (TPSA) is 98.2 Å². The first-order chi connectivity index (χ1) is 7.77. The highest BCUT2D eigenvalue weighted by atomic mass is 32.2. The molecule has 5 N–H and O–H groups in total. The van der Waals surface area contributed by atoms with Gasteiger partial charge in [0.25, 0.3) is 0 Å². The van der Waals surface area contributed by atoms with Gasteiger partial charge in [0.2, 0.25) is 10.0 Å². The molecule has 0 aromatic heterocycles. The highest BCUT2D eigenvalue weighted by Gasteiger charge is 1.98. The Bertz CT molecular complexity index is 436. The van der Waals surface area contributed by atoms with Crippen molar-refractivity contribution in [3.05, 3.63) is 23.8 Å². The standard InChI is InChI=1S/C10H16N2.CH5NO2S/c1-3-8-7-9(11)5-6-10(8)12-4-2;1-5(2,3)4/h5-7,12H,3-4,11H2,1-2H3;1H3,(H2,2,3,4). The van der Waals surface area contributed by atoms with E-state index < -0.39 is 10.0 Å². The molecule has 0 atom stereocenters. The molecule has 0 heterocycles. The van der Waals surface area contributed by atoms with Gasteiger partial charge in [-0.05, 0) is 37.1 Å². The molecule has 0 bridgehead atoms. The minimum atomic E-state index is -3.17. The van der Waals surface area contributed by atoms with Gasteiger partial charge in [0.05, 0.1) is 6.26 Å². The number of nitrogens with one attached hydrogen (secondary N) is 1. The van der Waals surface area contributed by atoms with Crippen molar-refractivity contribution in [1.29, 1.82) is 0 Å². The number of aryl methyl sites for hydroxylation is 1. The molecule has 17 heavy (non-hydrogen) atoms. The van der Waals surface area contributed by atoms with E-state index in [2.05, 4.69) is 24.3 Å². The van der Waals surface area contributed by atoms with Gasteiger partial charge < -0.3 is 11.1 Å². The molecule has 0 spiro atoms. The van der Waals surface area contributed by atoms with Crippen molar-refractivity contribution >= 4 is 21.4 Å². The van der Waals surface area contributed by atoms with Gasteiger partial charge >= 0.3 is 0 Å². The highest BCUT2D eigenvalue weighted by molar-refractivity contribution is 7.88. The Labute approximate surface area is 103 Å². The number of anilines is 2. The van der Waals surface area contributed by atoms with Crippen LogP contribution in [0, 0.1) is 0 Å². The van der Waals surface area contributed by atoms with Crippen LogP contribution in [0.3, 0.4) is 0 Å². The number of sulfonamides is 1. The number of rotatable bonds is 3. The molecule has 98 valence electrons. The van der Waals surface area contributed by atoms with E-state index in [-0.39, 0.29) is 0 Å². The van der Waals surface area contributed by atoms with Crippen LogP contribution in [0.2, 0.25) is 0 Å². The maximum Gasteiger partial charge on any atom is 0.206 e. The Hall–Kier alpha value is -1.27. The van der Waals surface area contributed by atoms with Gasteiger partial charge in [0.1, 0.15) is 0 Å². The molecule has 0 aliphatic rings. The van der Waals surface area contributed by atoms with Gasteiger partial charge in [-0.2, -0.15) is 0 Å². The van der Waals surface area contributed by atoms with E-state index >= 15 is 0 Å². The maximum atomic E-state index is 9.41. The third-order valence-electron chi connectivity index (χ3n) is 1.88. The first-order valence-electron chi connectivity index (χ1n) is 5.38. The summed E-state index contributed by atoms with van der Waals surface area (Å²) in [5, 5.41) is 7.63. The highest BCUT2D eigenvalue weighted by Crippen LogP contribution is 2.18. The molecule has 0 aliphatic carbocycles. The van der Waals surface area contributed by atoms with Crippen molar-refractivity contribution in [2.24, 2.45) is 5.14 Å². The van der Waals surface area contributed by atoms with Crippen LogP contribution < -0.4 is 16.2 Å². The van der Waals surface area contributed by atoms with E-state index in [1.54, 1.807) is 0 Å². The van der Waals surface area contributed by atoms with Crippen molar-refractivity contribution in [3.63, 3.8) is 0 Å². The molecular weight excluding hydrogens is 238 g/mol. The Balaban J connectivity index is 0.000000437. The largest absolute Gasteiger partial charge is 0.399 e. The number of primary sulfonamides is 1. The zero-order chi connectivity index (χ0) is 13.5. The molecule has 1 aromatic carbocycles. The minimum Gasteiger partial charge on any atom is -0.399 e. The number of nitrogen functional groups attached to an aromatic ring is 1. The van der Waals surface area contributed by atoms with Crippen molar-refractivity contribution in [1.82, 2.24) is 0 Å². The Kier molecular flexibility index (Phi) is 6.60. The van der Waals surface area contributed by atoms with E-state index in [1.807, 2.05) is 18.2 Å². The van der Waals surface area contributed by atoms with Crippen LogP contribution in [0.1, 0.15) is 19.4 Å². The molecule has 0 fully saturated rings. The third kappa shape index (κ3) is 8.53. The smallest absolute Gasteiger partial charge is 0.206 e. The molecule has 1 rings (SSSR count). The second kappa shape index (κ2) is 7.13. The summed E-state index contributed by atoms with van der Waals surface area (Å²) >= 11 is 0. The number of benzene rings is 1. The monoisotopic (exact) mass is 259 g/mol. The Morgan fingerprint density at radius 1 is 1.29 bits per heavy atom. The average molecular weight is 259 g/mol. The number of hydrogen-bond acceptors (Lipinski definition) is 4. The lowest BCUT2D eigenvalue weighted by molar-refractivity contribution is 0.603. The van der Waals surface area contributed by atoms with Crippen LogP contribution in [-0.4, -0.2) is 21.2 Å². The Morgan fingerprint density at radius 3 is 2.24 bits per heavy atom. The molecule has 5 nitrogen and oxygen atoms in total. The molecule has 0 saturated carbocycles. The second-order valence-corrected chi connectivity index (χ2v) is 5.29. The summed E-state index contributed by atoms with van der Waals surface area (Å²) in [6, 6.07) is 5.99. The van der Waals surface area contributed by atoms with E-state index in [1.165, 1.54) is 11.3 Å². The summed E-state index contributed by atoms with van der Waals surface area (Å²) in [7, 11) is -3.17. The number of nitrogens with two attached hydrogens (primary N) is 2. The lowest BCUT2D eigenvalue weighted by Gasteiger charge is -2.09. The van der Waals surface area contributed by atoms with Crippen LogP contribution in [0.4, 0.5) is 11.4 Å². The van der Waals surface area contributed by atoms with E-state index in [9.17, 15) is 8.42 Å². The van der Waals surface area contributed by atoms with Gasteiger partial charge in [-0.25, -0.2) is 13.6 Å². The maximum absolute atomic E-state index is 9.41. The van der Waals surface area contributed by atoms with Gasteiger partial charge in [-0.15, -0.1) is 0 Å². The summed E-state index contributed by atoms with van der Waals surface area (Å²) in [4.78, 5) is 0. The molecule has 6 heteroatoms. The molecule has 0 amide bonds. The Morgan fingerprint density at radius 2 is 1.82 bits per heavy atom. The summed E-state index contributed by atoms with van der Waals surface area (Å²) in [6.45, 7) is 5.18. The molecule has 0 saturated heterocycles. The van der Waals surface area contributed by atoms with Crippen LogP contribution in [-0.2, 0) is 16.4 Å². The van der Waals surface area contributed by atoms with Gasteiger partial charge in [0, 0.05) is 17.9 Å². The summed E-state index contributed by atoms with van der Waals surface area (Å²) < 4.78 is 18.8.